The lowest BCUT2D eigenvalue weighted by Crippen LogP contribution is -2.38. The van der Waals surface area contributed by atoms with E-state index in [2.05, 4.69) is 41.3 Å². The molecule has 116 valence electrons. The van der Waals surface area contributed by atoms with Crippen LogP contribution < -0.4 is 10.6 Å². The molecule has 0 aromatic carbocycles. The van der Waals surface area contributed by atoms with Crippen LogP contribution >= 0.6 is 24.0 Å². The third kappa shape index (κ3) is 12.7. The first kappa shape index (κ1) is 21.3. The van der Waals surface area contributed by atoms with Gasteiger partial charge in [0.05, 0.1) is 0 Å². The Morgan fingerprint density at radius 1 is 0.947 bits per heavy atom. The van der Waals surface area contributed by atoms with E-state index < -0.39 is 0 Å². The third-order valence-electron chi connectivity index (χ3n) is 3.13. The molecule has 0 aliphatic rings. The zero-order chi connectivity index (χ0) is 13.6. The van der Waals surface area contributed by atoms with Crippen molar-refractivity contribution < 1.29 is 0 Å². The van der Waals surface area contributed by atoms with Crippen LogP contribution in [0.1, 0.15) is 46.5 Å². The van der Waals surface area contributed by atoms with Crippen molar-refractivity contribution >= 4 is 29.9 Å². The summed E-state index contributed by atoms with van der Waals surface area (Å²) in [6, 6.07) is 0. The van der Waals surface area contributed by atoms with Crippen molar-refractivity contribution in [2.24, 2.45) is 4.99 Å². The number of nitrogens with one attached hydrogen (secondary N) is 2. The molecule has 0 saturated carbocycles. The van der Waals surface area contributed by atoms with Crippen LogP contribution in [0.4, 0.5) is 0 Å². The second-order valence-corrected chi connectivity index (χ2v) is 4.51. The van der Waals surface area contributed by atoms with Gasteiger partial charge in [-0.1, -0.05) is 27.2 Å². The van der Waals surface area contributed by atoms with Gasteiger partial charge in [-0.15, -0.1) is 24.0 Å². The Labute approximate surface area is 136 Å². The van der Waals surface area contributed by atoms with Gasteiger partial charge in [0, 0.05) is 20.1 Å². The molecule has 0 saturated heterocycles. The summed E-state index contributed by atoms with van der Waals surface area (Å²) in [6.07, 6.45) is 4.86. The number of hydrogen-bond acceptors (Lipinski definition) is 2. The first-order chi connectivity index (χ1) is 8.78. The highest BCUT2D eigenvalue weighted by Crippen LogP contribution is 1.93. The third-order valence-corrected chi connectivity index (χ3v) is 3.13. The highest BCUT2D eigenvalue weighted by Gasteiger charge is 1.99. The Morgan fingerprint density at radius 2 is 1.53 bits per heavy atom. The molecule has 0 aromatic rings. The molecule has 0 spiro atoms. The van der Waals surface area contributed by atoms with Gasteiger partial charge in [0.1, 0.15) is 0 Å². The topological polar surface area (TPSA) is 39.7 Å². The quantitative estimate of drug-likeness (QED) is 0.263. The fraction of sp³-hybridized carbons (Fsp3) is 0.929. The van der Waals surface area contributed by atoms with Crippen molar-refractivity contribution in [3.63, 3.8) is 0 Å². The molecule has 19 heavy (non-hydrogen) atoms. The van der Waals surface area contributed by atoms with Crippen molar-refractivity contribution in [1.82, 2.24) is 15.5 Å². The molecule has 0 aliphatic carbocycles. The minimum atomic E-state index is 0. The molecule has 0 radical (unpaired) electrons. The van der Waals surface area contributed by atoms with Crippen LogP contribution in [-0.2, 0) is 0 Å². The number of unbranched alkanes of at least 4 members (excludes halogenated alkanes) is 2. The lowest BCUT2D eigenvalue weighted by molar-refractivity contribution is 0.297. The van der Waals surface area contributed by atoms with Gasteiger partial charge in [-0.25, -0.2) is 0 Å². The Bertz CT molecular complexity index is 206. The van der Waals surface area contributed by atoms with Crippen LogP contribution in [0.5, 0.6) is 0 Å². The van der Waals surface area contributed by atoms with Crippen molar-refractivity contribution in [2.75, 3.05) is 39.8 Å². The van der Waals surface area contributed by atoms with Crippen LogP contribution in [0.25, 0.3) is 0 Å². The molecule has 5 heteroatoms. The van der Waals surface area contributed by atoms with E-state index in [-0.39, 0.29) is 24.0 Å². The van der Waals surface area contributed by atoms with Crippen molar-refractivity contribution in [2.45, 2.75) is 46.5 Å². The largest absolute Gasteiger partial charge is 0.356 e. The number of halogens is 1. The lowest BCUT2D eigenvalue weighted by atomic mass is 10.3. The average molecular weight is 384 g/mol. The van der Waals surface area contributed by atoms with E-state index in [0.717, 1.165) is 32.1 Å². The smallest absolute Gasteiger partial charge is 0.190 e. The SMILES string of the molecule is CCCCNC(=NC)NCCCCN(CC)CC.I. The minimum absolute atomic E-state index is 0. The number of nitrogens with zero attached hydrogens (tertiary/aromatic N) is 2. The second kappa shape index (κ2) is 16.0. The minimum Gasteiger partial charge on any atom is -0.356 e. The Hall–Kier alpha value is -0.0400. The maximum absolute atomic E-state index is 4.21. The van der Waals surface area contributed by atoms with Crippen LogP contribution in [0, 0.1) is 0 Å². The fourth-order valence-electron chi connectivity index (χ4n) is 1.81. The van der Waals surface area contributed by atoms with E-state index >= 15 is 0 Å². The molecular weight excluding hydrogens is 351 g/mol. The number of guanidine groups is 1. The Morgan fingerprint density at radius 3 is 2.00 bits per heavy atom. The first-order valence-electron chi connectivity index (χ1n) is 7.45. The normalized spacial score (nSPS) is 11.3. The maximum Gasteiger partial charge on any atom is 0.190 e. The molecule has 0 amide bonds. The molecule has 0 unspecified atom stereocenters. The molecule has 0 rings (SSSR count). The summed E-state index contributed by atoms with van der Waals surface area (Å²) in [5, 5.41) is 6.68. The van der Waals surface area contributed by atoms with E-state index in [1.807, 2.05) is 7.05 Å². The summed E-state index contributed by atoms with van der Waals surface area (Å²) in [6.45, 7) is 12.2. The summed E-state index contributed by atoms with van der Waals surface area (Å²) in [5.74, 6) is 0.936. The van der Waals surface area contributed by atoms with E-state index in [4.69, 9.17) is 0 Å². The van der Waals surface area contributed by atoms with Crippen molar-refractivity contribution in [3.05, 3.63) is 0 Å². The van der Waals surface area contributed by atoms with Crippen molar-refractivity contribution in [3.8, 4) is 0 Å². The molecule has 0 fully saturated rings. The molecule has 0 atom stereocenters. The molecule has 0 bridgehead atoms. The predicted octanol–water partition coefficient (Wildman–Crippen LogP) is 2.69. The molecule has 4 nitrogen and oxygen atoms in total. The zero-order valence-electron chi connectivity index (χ0n) is 13.2. The summed E-state index contributed by atoms with van der Waals surface area (Å²) in [5.41, 5.74) is 0. The van der Waals surface area contributed by atoms with E-state index in [0.29, 0.717) is 0 Å². The van der Waals surface area contributed by atoms with Gasteiger partial charge >= 0.3 is 0 Å². The Balaban J connectivity index is 0. The first-order valence-corrected chi connectivity index (χ1v) is 7.45. The highest BCUT2D eigenvalue weighted by atomic mass is 127. The average Bonchev–Trinajstić information content (AvgIpc) is 2.41. The Kier molecular flexibility index (Phi) is 17.9. The number of aliphatic imine (C=N–C) groups is 1. The van der Waals surface area contributed by atoms with Gasteiger partial charge in [0.2, 0.25) is 0 Å². The highest BCUT2D eigenvalue weighted by molar-refractivity contribution is 14.0. The lowest BCUT2D eigenvalue weighted by Gasteiger charge is -2.18. The zero-order valence-corrected chi connectivity index (χ0v) is 15.5. The maximum atomic E-state index is 4.21. The van der Waals surface area contributed by atoms with Gasteiger partial charge in [-0.05, 0) is 38.9 Å². The molecule has 0 heterocycles. The van der Waals surface area contributed by atoms with E-state index in [1.54, 1.807) is 0 Å². The molecule has 2 N–H and O–H groups in total. The van der Waals surface area contributed by atoms with Gasteiger partial charge in [0.15, 0.2) is 5.96 Å². The molecule has 0 aliphatic heterocycles. The van der Waals surface area contributed by atoms with E-state index in [1.165, 1.54) is 32.2 Å². The van der Waals surface area contributed by atoms with Gasteiger partial charge in [-0.3, -0.25) is 4.99 Å². The van der Waals surface area contributed by atoms with Gasteiger partial charge in [-0.2, -0.15) is 0 Å². The summed E-state index contributed by atoms with van der Waals surface area (Å²) < 4.78 is 0. The fourth-order valence-corrected chi connectivity index (χ4v) is 1.81. The summed E-state index contributed by atoms with van der Waals surface area (Å²) in [7, 11) is 1.83. The van der Waals surface area contributed by atoms with Gasteiger partial charge < -0.3 is 15.5 Å². The number of hydrogen-bond donors (Lipinski definition) is 2. The van der Waals surface area contributed by atoms with Gasteiger partial charge in [0.25, 0.3) is 0 Å². The number of rotatable bonds is 10. The summed E-state index contributed by atoms with van der Waals surface area (Å²) >= 11 is 0. The van der Waals surface area contributed by atoms with Crippen molar-refractivity contribution in [1.29, 1.82) is 0 Å². The standard InChI is InChI=1S/C14H32N4.HI/c1-5-8-11-16-14(15-4)17-12-9-10-13-18(6-2)7-3;/h5-13H2,1-4H3,(H2,15,16,17);1H. The molecular formula is C14H33IN4. The molecule has 0 aromatic heterocycles. The van der Waals surface area contributed by atoms with E-state index in [9.17, 15) is 0 Å². The summed E-state index contributed by atoms with van der Waals surface area (Å²) in [4.78, 5) is 6.68. The monoisotopic (exact) mass is 384 g/mol. The van der Waals surface area contributed by atoms with Crippen LogP contribution in [0.3, 0.4) is 0 Å². The predicted molar refractivity (Wildman–Crippen MR) is 96.7 cm³/mol. The van der Waals surface area contributed by atoms with Crippen LogP contribution in [-0.4, -0.2) is 50.6 Å². The van der Waals surface area contributed by atoms with Crippen LogP contribution in [0.15, 0.2) is 4.99 Å². The second-order valence-electron chi connectivity index (χ2n) is 4.51. The van der Waals surface area contributed by atoms with Crippen LogP contribution in [0.2, 0.25) is 0 Å².